The number of carbonyl (C=O) groups excluding carboxylic acids is 2. The van der Waals surface area contributed by atoms with Gasteiger partial charge in [-0.15, -0.1) is 0 Å². The third-order valence-corrected chi connectivity index (χ3v) is 4.02. The van der Waals surface area contributed by atoms with Crippen LogP contribution in [0, 0.1) is 0 Å². The number of fused-ring (bicyclic) bond motifs is 1. The van der Waals surface area contributed by atoms with Crippen LogP contribution < -0.4 is 10.9 Å². The second-order valence-corrected chi connectivity index (χ2v) is 5.94. The van der Waals surface area contributed by atoms with Crippen molar-refractivity contribution in [2.24, 2.45) is 0 Å². The second-order valence-electron chi connectivity index (χ2n) is 5.09. The summed E-state index contributed by atoms with van der Waals surface area (Å²) in [5, 5.41) is 2.61. The summed E-state index contributed by atoms with van der Waals surface area (Å²) < 4.78 is 0. The summed E-state index contributed by atoms with van der Waals surface area (Å²) in [5.74, 6) is -0.940. The van der Waals surface area contributed by atoms with Crippen LogP contribution >= 0.6 is 23.2 Å². The van der Waals surface area contributed by atoms with E-state index >= 15 is 0 Å². The van der Waals surface area contributed by atoms with Crippen molar-refractivity contribution < 1.29 is 9.59 Å². The van der Waals surface area contributed by atoms with Crippen molar-refractivity contribution in [1.29, 1.82) is 0 Å². The summed E-state index contributed by atoms with van der Waals surface area (Å²) in [5.41, 5.74) is 5.38. The Morgan fingerprint density at radius 3 is 2.21 bits per heavy atom. The topological polar surface area (TPSA) is 58.2 Å². The number of amides is 2. The summed E-state index contributed by atoms with van der Waals surface area (Å²) in [6.45, 7) is 0. The molecule has 0 heterocycles. The number of nitrogens with one attached hydrogen (secondary N) is 2. The summed E-state index contributed by atoms with van der Waals surface area (Å²) in [6.07, 6.45) is 0. The average molecular weight is 359 g/mol. The van der Waals surface area contributed by atoms with Gasteiger partial charge in [0, 0.05) is 10.6 Å². The van der Waals surface area contributed by atoms with Gasteiger partial charge in [0.1, 0.15) is 0 Å². The normalized spacial score (nSPS) is 10.4. The predicted molar refractivity (Wildman–Crippen MR) is 95.3 cm³/mol. The average Bonchev–Trinajstić information content (AvgIpc) is 2.59. The molecule has 0 aliphatic heterocycles. The number of carbonyl (C=O) groups is 2. The largest absolute Gasteiger partial charge is 0.271 e. The van der Waals surface area contributed by atoms with Gasteiger partial charge in [0.05, 0.1) is 10.6 Å². The lowest BCUT2D eigenvalue weighted by Gasteiger charge is -2.09. The molecule has 24 heavy (non-hydrogen) atoms. The predicted octanol–water partition coefficient (Wildman–Crippen LogP) is 4.22. The number of hydrazine groups is 1. The maximum atomic E-state index is 12.2. The Labute approximate surface area is 148 Å². The van der Waals surface area contributed by atoms with Crippen molar-refractivity contribution in [3.05, 3.63) is 81.8 Å². The Hall–Kier alpha value is -2.56. The van der Waals surface area contributed by atoms with Crippen LogP contribution in [0.1, 0.15) is 20.7 Å². The van der Waals surface area contributed by atoms with Gasteiger partial charge in [-0.3, -0.25) is 20.4 Å². The summed E-state index contributed by atoms with van der Waals surface area (Å²) in [4.78, 5) is 24.3. The van der Waals surface area contributed by atoms with Crippen LogP contribution in [0.5, 0.6) is 0 Å². The van der Waals surface area contributed by atoms with E-state index < -0.39 is 11.8 Å². The van der Waals surface area contributed by atoms with Gasteiger partial charge in [-0.1, -0.05) is 53.5 Å². The lowest BCUT2D eigenvalue weighted by Crippen LogP contribution is -2.41. The van der Waals surface area contributed by atoms with Crippen LogP contribution in [0.2, 0.25) is 10.0 Å². The van der Waals surface area contributed by atoms with E-state index in [1.165, 1.54) is 12.1 Å². The molecule has 0 fully saturated rings. The van der Waals surface area contributed by atoms with Gasteiger partial charge in [-0.25, -0.2) is 0 Å². The molecule has 0 saturated heterocycles. The number of rotatable bonds is 2. The van der Waals surface area contributed by atoms with Crippen LogP contribution in [0.4, 0.5) is 0 Å². The zero-order chi connectivity index (χ0) is 17.1. The minimum Gasteiger partial charge on any atom is -0.267 e. The first kappa shape index (κ1) is 16.3. The van der Waals surface area contributed by atoms with Crippen molar-refractivity contribution in [2.45, 2.75) is 0 Å². The van der Waals surface area contributed by atoms with E-state index in [1.54, 1.807) is 18.2 Å². The van der Waals surface area contributed by atoms with Crippen LogP contribution in [0.25, 0.3) is 10.8 Å². The molecule has 2 amide bonds. The summed E-state index contributed by atoms with van der Waals surface area (Å²) in [7, 11) is 0. The SMILES string of the molecule is O=C(NNC(=O)c1ccc(Cl)cc1Cl)c1ccc2ccccc2c1. The molecule has 0 aliphatic rings. The zero-order valence-corrected chi connectivity index (χ0v) is 13.9. The summed E-state index contributed by atoms with van der Waals surface area (Å²) >= 11 is 11.8. The molecule has 2 N–H and O–H groups in total. The fourth-order valence-corrected chi connectivity index (χ4v) is 2.75. The van der Waals surface area contributed by atoms with Gasteiger partial charge in [-0.05, 0) is 41.1 Å². The second kappa shape index (κ2) is 6.91. The van der Waals surface area contributed by atoms with E-state index in [-0.39, 0.29) is 10.6 Å². The number of hydrogen-bond donors (Lipinski definition) is 2. The first-order valence-corrected chi connectivity index (χ1v) is 7.85. The van der Waals surface area contributed by atoms with Crippen LogP contribution in [-0.4, -0.2) is 11.8 Å². The Morgan fingerprint density at radius 2 is 1.46 bits per heavy atom. The molecule has 3 rings (SSSR count). The van der Waals surface area contributed by atoms with Gasteiger partial charge in [-0.2, -0.15) is 0 Å². The molecular weight excluding hydrogens is 347 g/mol. The van der Waals surface area contributed by atoms with E-state index in [1.807, 2.05) is 30.3 Å². The molecule has 3 aromatic rings. The molecule has 0 aliphatic carbocycles. The van der Waals surface area contributed by atoms with Crippen LogP contribution in [0.3, 0.4) is 0 Å². The van der Waals surface area contributed by atoms with E-state index in [4.69, 9.17) is 23.2 Å². The molecule has 0 spiro atoms. The maximum Gasteiger partial charge on any atom is 0.271 e. The van der Waals surface area contributed by atoms with Crippen molar-refractivity contribution in [2.75, 3.05) is 0 Å². The first-order chi connectivity index (χ1) is 11.5. The van der Waals surface area contributed by atoms with Gasteiger partial charge in [0.25, 0.3) is 11.8 Å². The molecule has 0 saturated carbocycles. The Balaban J connectivity index is 1.71. The molecule has 0 bridgehead atoms. The lowest BCUT2D eigenvalue weighted by molar-refractivity contribution is 0.0847. The molecule has 4 nitrogen and oxygen atoms in total. The van der Waals surface area contributed by atoms with E-state index in [0.717, 1.165) is 10.8 Å². The molecule has 3 aromatic carbocycles. The monoisotopic (exact) mass is 358 g/mol. The highest BCUT2D eigenvalue weighted by molar-refractivity contribution is 6.36. The van der Waals surface area contributed by atoms with Gasteiger partial charge in [0.15, 0.2) is 0 Å². The first-order valence-electron chi connectivity index (χ1n) is 7.09. The van der Waals surface area contributed by atoms with Gasteiger partial charge >= 0.3 is 0 Å². The molecular formula is C18H12Cl2N2O2. The van der Waals surface area contributed by atoms with Gasteiger partial charge < -0.3 is 0 Å². The molecule has 0 unspecified atom stereocenters. The van der Waals surface area contributed by atoms with Crippen molar-refractivity contribution in [1.82, 2.24) is 10.9 Å². The highest BCUT2D eigenvalue weighted by Crippen LogP contribution is 2.20. The van der Waals surface area contributed by atoms with Crippen LogP contribution in [-0.2, 0) is 0 Å². The van der Waals surface area contributed by atoms with Crippen LogP contribution in [0.15, 0.2) is 60.7 Å². The van der Waals surface area contributed by atoms with Crippen molar-refractivity contribution in [3.8, 4) is 0 Å². The third kappa shape index (κ3) is 3.50. The number of benzene rings is 3. The fourth-order valence-electron chi connectivity index (χ4n) is 2.26. The molecule has 6 heteroatoms. The fraction of sp³-hybridized carbons (Fsp3) is 0. The Kier molecular flexibility index (Phi) is 4.69. The number of halogens is 2. The minimum absolute atomic E-state index is 0.208. The van der Waals surface area contributed by atoms with E-state index in [2.05, 4.69) is 10.9 Å². The maximum absolute atomic E-state index is 12.2. The van der Waals surface area contributed by atoms with E-state index in [9.17, 15) is 9.59 Å². The lowest BCUT2D eigenvalue weighted by atomic mass is 10.1. The summed E-state index contributed by atoms with van der Waals surface area (Å²) in [6, 6.07) is 17.5. The minimum atomic E-state index is -0.522. The highest BCUT2D eigenvalue weighted by Gasteiger charge is 2.12. The van der Waals surface area contributed by atoms with Gasteiger partial charge in [0.2, 0.25) is 0 Å². The molecule has 0 atom stereocenters. The molecule has 0 radical (unpaired) electrons. The van der Waals surface area contributed by atoms with Crippen molar-refractivity contribution in [3.63, 3.8) is 0 Å². The molecule has 120 valence electrons. The number of hydrogen-bond acceptors (Lipinski definition) is 2. The quantitative estimate of drug-likeness (QED) is 0.673. The third-order valence-electron chi connectivity index (χ3n) is 3.48. The zero-order valence-electron chi connectivity index (χ0n) is 12.3. The standard InChI is InChI=1S/C18H12Cl2N2O2/c19-14-7-8-15(16(20)10-14)18(24)22-21-17(23)13-6-5-11-3-1-2-4-12(11)9-13/h1-10H,(H,21,23)(H,22,24). The molecule has 0 aromatic heterocycles. The highest BCUT2D eigenvalue weighted by atomic mass is 35.5. The Bertz CT molecular complexity index is 941. The Morgan fingerprint density at radius 1 is 0.750 bits per heavy atom. The van der Waals surface area contributed by atoms with E-state index in [0.29, 0.717) is 10.6 Å². The smallest absolute Gasteiger partial charge is 0.267 e. The van der Waals surface area contributed by atoms with Crippen molar-refractivity contribution >= 4 is 45.8 Å².